The molecule has 1 aromatic carbocycles. The zero-order valence-electron chi connectivity index (χ0n) is 16.3. The van der Waals surface area contributed by atoms with Crippen molar-refractivity contribution in [1.82, 2.24) is 15.3 Å². The van der Waals surface area contributed by atoms with Gasteiger partial charge in [0.2, 0.25) is 0 Å². The van der Waals surface area contributed by atoms with Crippen molar-refractivity contribution in [3.05, 3.63) is 47.9 Å². The third kappa shape index (κ3) is 5.51. The highest BCUT2D eigenvalue weighted by molar-refractivity contribution is 5.90. The van der Waals surface area contributed by atoms with Crippen LogP contribution in [-0.4, -0.2) is 34.7 Å². The van der Waals surface area contributed by atoms with Gasteiger partial charge in [-0.15, -0.1) is 0 Å². The molecule has 2 rings (SSSR count). The molecule has 1 heterocycles. The average Bonchev–Trinajstić information content (AvgIpc) is 2.64. The van der Waals surface area contributed by atoms with E-state index in [1.165, 1.54) is 7.11 Å². The van der Waals surface area contributed by atoms with E-state index in [-0.39, 0.29) is 6.04 Å². The lowest BCUT2D eigenvalue weighted by atomic mass is 10.0. The monoisotopic (exact) mass is 371 g/mol. The van der Waals surface area contributed by atoms with Gasteiger partial charge < -0.3 is 14.8 Å². The van der Waals surface area contributed by atoms with Gasteiger partial charge in [-0.3, -0.25) is 9.97 Å². The standard InChI is InChI=1S/C20H25N3O4/c1-6-15(23-19(25)27-20(2,3)4)17-16(21-10-11-22-17)13-8-7-9-14(12-13)18(24)26-5/h7-12,15H,6H2,1-5H3,(H,23,25). The number of alkyl carbamates (subject to hydrolysis) is 1. The second kappa shape index (κ2) is 8.62. The van der Waals surface area contributed by atoms with E-state index >= 15 is 0 Å². The summed E-state index contributed by atoms with van der Waals surface area (Å²) in [6.45, 7) is 7.35. The number of amides is 1. The number of carbonyl (C=O) groups excluding carboxylic acids is 2. The Bertz CT molecular complexity index is 815. The molecule has 0 bridgehead atoms. The molecule has 7 heteroatoms. The fraction of sp³-hybridized carbons (Fsp3) is 0.400. The number of aromatic nitrogens is 2. The third-order valence-corrected chi connectivity index (χ3v) is 3.71. The quantitative estimate of drug-likeness (QED) is 0.802. The number of hydrogen-bond acceptors (Lipinski definition) is 6. The molecule has 0 radical (unpaired) electrons. The number of ether oxygens (including phenoxy) is 2. The first-order chi connectivity index (χ1) is 12.7. The third-order valence-electron chi connectivity index (χ3n) is 3.71. The predicted molar refractivity (Wildman–Crippen MR) is 101 cm³/mol. The Balaban J connectivity index is 2.36. The Labute approximate surface area is 159 Å². The number of nitrogens with zero attached hydrogens (tertiary/aromatic N) is 2. The molecule has 0 aliphatic rings. The van der Waals surface area contributed by atoms with Gasteiger partial charge in [-0.05, 0) is 39.3 Å². The highest BCUT2D eigenvalue weighted by Gasteiger charge is 2.23. The molecular weight excluding hydrogens is 346 g/mol. The SMILES string of the molecule is CCC(NC(=O)OC(C)(C)C)c1nccnc1-c1cccc(C(=O)OC)c1. The molecule has 2 aromatic rings. The Hall–Kier alpha value is -2.96. The average molecular weight is 371 g/mol. The molecule has 1 atom stereocenters. The fourth-order valence-corrected chi connectivity index (χ4v) is 2.55. The van der Waals surface area contributed by atoms with Gasteiger partial charge in [0, 0.05) is 18.0 Å². The molecule has 1 aromatic heterocycles. The fourth-order valence-electron chi connectivity index (χ4n) is 2.55. The first-order valence-corrected chi connectivity index (χ1v) is 8.74. The minimum atomic E-state index is -0.595. The van der Waals surface area contributed by atoms with E-state index in [9.17, 15) is 9.59 Å². The van der Waals surface area contributed by atoms with E-state index in [1.807, 2.05) is 13.0 Å². The summed E-state index contributed by atoms with van der Waals surface area (Å²) >= 11 is 0. The minimum absolute atomic E-state index is 0.384. The van der Waals surface area contributed by atoms with Crippen molar-refractivity contribution >= 4 is 12.1 Å². The zero-order valence-corrected chi connectivity index (χ0v) is 16.3. The van der Waals surface area contributed by atoms with Crippen molar-refractivity contribution in [3.8, 4) is 11.3 Å². The Morgan fingerprint density at radius 2 is 1.89 bits per heavy atom. The Morgan fingerprint density at radius 1 is 1.19 bits per heavy atom. The maximum absolute atomic E-state index is 12.2. The molecule has 7 nitrogen and oxygen atoms in total. The summed E-state index contributed by atoms with van der Waals surface area (Å²) in [6, 6.07) is 6.56. The lowest BCUT2D eigenvalue weighted by Gasteiger charge is -2.23. The van der Waals surface area contributed by atoms with E-state index in [4.69, 9.17) is 9.47 Å². The molecule has 1 amide bonds. The van der Waals surface area contributed by atoms with E-state index in [1.54, 1.807) is 51.4 Å². The molecule has 1 unspecified atom stereocenters. The van der Waals surface area contributed by atoms with E-state index in [0.717, 1.165) is 0 Å². The number of methoxy groups -OCH3 is 1. The van der Waals surface area contributed by atoms with Crippen LogP contribution in [-0.2, 0) is 9.47 Å². The molecule has 0 saturated carbocycles. The van der Waals surface area contributed by atoms with Crippen LogP contribution < -0.4 is 5.32 Å². The number of carbonyl (C=O) groups is 2. The Kier molecular flexibility index (Phi) is 6.50. The number of rotatable bonds is 5. The summed E-state index contributed by atoms with van der Waals surface area (Å²) in [7, 11) is 1.33. The van der Waals surface area contributed by atoms with Gasteiger partial charge in [0.05, 0.1) is 30.1 Å². The Morgan fingerprint density at radius 3 is 2.52 bits per heavy atom. The van der Waals surface area contributed by atoms with Gasteiger partial charge in [-0.2, -0.15) is 0 Å². The van der Waals surface area contributed by atoms with Gasteiger partial charge in [0.1, 0.15) is 5.60 Å². The molecule has 27 heavy (non-hydrogen) atoms. The summed E-state index contributed by atoms with van der Waals surface area (Å²) in [5.74, 6) is -0.429. The van der Waals surface area contributed by atoms with Crippen LogP contribution >= 0.6 is 0 Å². The lowest BCUT2D eigenvalue weighted by molar-refractivity contribution is 0.0500. The van der Waals surface area contributed by atoms with Gasteiger partial charge in [0.25, 0.3) is 0 Å². The van der Waals surface area contributed by atoms with Crippen molar-refractivity contribution in [3.63, 3.8) is 0 Å². The van der Waals surface area contributed by atoms with Gasteiger partial charge in [-0.25, -0.2) is 9.59 Å². The predicted octanol–water partition coefficient (Wildman–Crippen LogP) is 3.91. The number of esters is 1. The second-order valence-electron chi connectivity index (χ2n) is 6.97. The van der Waals surface area contributed by atoms with E-state index in [2.05, 4.69) is 15.3 Å². The van der Waals surface area contributed by atoms with Crippen LogP contribution in [0.1, 0.15) is 56.2 Å². The normalized spacial score (nSPS) is 12.2. The minimum Gasteiger partial charge on any atom is -0.465 e. The van der Waals surface area contributed by atoms with Crippen LogP contribution in [0.15, 0.2) is 36.7 Å². The largest absolute Gasteiger partial charge is 0.465 e. The first-order valence-electron chi connectivity index (χ1n) is 8.74. The van der Waals surface area contributed by atoms with Gasteiger partial charge in [0.15, 0.2) is 0 Å². The highest BCUT2D eigenvalue weighted by atomic mass is 16.6. The molecule has 0 fully saturated rings. The maximum atomic E-state index is 12.2. The summed E-state index contributed by atoms with van der Waals surface area (Å²) in [4.78, 5) is 32.8. The molecular formula is C20H25N3O4. The van der Waals surface area contributed by atoms with Crippen LogP contribution in [0.2, 0.25) is 0 Å². The number of nitrogens with one attached hydrogen (secondary N) is 1. The molecule has 0 aliphatic carbocycles. The van der Waals surface area contributed by atoms with Crippen LogP contribution in [0.25, 0.3) is 11.3 Å². The summed E-state index contributed by atoms with van der Waals surface area (Å²) in [5.41, 5.74) is 1.73. The topological polar surface area (TPSA) is 90.4 Å². The summed E-state index contributed by atoms with van der Waals surface area (Å²) in [5, 5.41) is 2.84. The van der Waals surface area contributed by atoms with Crippen molar-refractivity contribution in [1.29, 1.82) is 0 Å². The van der Waals surface area contributed by atoms with Crippen LogP contribution in [0.5, 0.6) is 0 Å². The summed E-state index contributed by atoms with van der Waals surface area (Å²) in [6.07, 6.45) is 3.22. The zero-order chi connectivity index (χ0) is 20.0. The van der Waals surface area contributed by atoms with Crippen molar-refractivity contribution in [2.45, 2.75) is 45.8 Å². The molecule has 0 saturated heterocycles. The van der Waals surface area contributed by atoms with E-state index in [0.29, 0.717) is 28.9 Å². The maximum Gasteiger partial charge on any atom is 0.408 e. The van der Waals surface area contributed by atoms with Crippen LogP contribution in [0.3, 0.4) is 0 Å². The molecule has 144 valence electrons. The van der Waals surface area contributed by atoms with Crippen LogP contribution in [0.4, 0.5) is 4.79 Å². The van der Waals surface area contributed by atoms with Crippen molar-refractivity contribution in [2.75, 3.05) is 7.11 Å². The molecule has 0 aliphatic heterocycles. The van der Waals surface area contributed by atoms with E-state index < -0.39 is 17.7 Å². The van der Waals surface area contributed by atoms with Crippen LogP contribution in [0, 0.1) is 0 Å². The smallest absolute Gasteiger partial charge is 0.408 e. The van der Waals surface area contributed by atoms with Crippen molar-refractivity contribution < 1.29 is 19.1 Å². The highest BCUT2D eigenvalue weighted by Crippen LogP contribution is 2.27. The first kappa shape index (κ1) is 20.4. The molecule has 1 N–H and O–H groups in total. The number of benzene rings is 1. The van der Waals surface area contributed by atoms with Gasteiger partial charge in [-0.1, -0.05) is 19.1 Å². The van der Waals surface area contributed by atoms with Gasteiger partial charge >= 0.3 is 12.1 Å². The molecule has 0 spiro atoms. The summed E-state index contributed by atoms with van der Waals surface area (Å²) < 4.78 is 10.1. The number of hydrogen-bond donors (Lipinski definition) is 1. The second-order valence-corrected chi connectivity index (χ2v) is 6.97. The lowest BCUT2D eigenvalue weighted by Crippen LogP contribution is -2.35. The van der Waals surface area contributed by atoms with Crippen molar-refractivity contribution in [2.24, 2.45) is 0 Å².